The summed E-state index contributed by atoms with van der Waals surface area (Å²) < 4.78 is 0. The van der Waals surface area contributed by atoms with Gasteiger partial charge in [0.1, 0.15) is 10.8 Å². The van der Waals surface area contributed by atoms with E-state index in [-0.39, 0.29) is 0 Å². The number of aromatic nitrogens is 2. The van der Waals surface area contributed by atoms with Crippen LogP contribution < -0.4 is 11.1 Å². The summed E-state index contributed by atoms with van der Waals surface area (Å²) in [5, 5.41) is 3.11. The van der Waals surface area contributed by atoms with E-state index < -0.39 is 0 Å². The van der Waals surface area contributed by atoms with Gasteiger partial charge in [0.25, 0.3) is 0 Å². The largest absolute Gasteiger partial charge is 0.382 e. The number of anilines is 2. The Morgan fingerprint density at radius 1 is 1.70 bits per heavy atom. The first-order chi connectivity index (χ1) is 4.74. The fourth-order valence-corrected chi connectivity index (χ4v) is 0.592. The first-order valence-electron chi connectivity index (χ1n) is 2.70. The van der Waals surface area contributed by atoms with Gasteiger partial charge in [0.2, 0.25) is 5.95 Å². The lowest BCUT2D eigenvalue weighted by atomic mass is 10.6. The summed E-state index contributed by atoms with van der Waals surface area (Å²) in [6.45, 7) is 0. The average molecular weight is 159 g/mol. The van der Waals surface area contributed by atoms with Crippen molar-refractivity contribution >= 4 is 23.4 Å². The van der Waals surface area contributed by atoms with Crippen LogP contribution >= 0.6 is 11.6 Å². The highest BCUT2D eigenvalue weighted by Gasteiger charge is 1.97. The molecule has 1 rings (SSSR count). The molecule has 0 spiro atoms. The van der Waals surface area contributed by atoms with Crippen molar-refractivity contribution in [3.05, 3.63) is 11.2 Å². The summed E-state index contributed by atoms with van der Waals surface area (Å²) in [5.74, 6) is 0.767. The standard InChI is InChI=1S/C5H7ClN4/c1-8-5-9-2-3(6)4(7)10-5/h2H,1H3,(H3,7,8,9,10). The molecule has 3 N–H and O–H groups in total. The topological polar surface area (TPSA) is 63.8 Å². The van der Waals surface area contributed by atoms with Crippen LogP contribution in [0.4, 0.5) is 11.8 Å². The van der Waals surface area contributed by atoms with E-state index in [1.165, 1.54) is 6.20 Å². The van der Waals surface area contributed by atoms with Gasteiger partial charge in [-0.2, -0.15) is 4.98 Å². The molecule has 0 aliphatic carbocycles. The molecule has 10 heavy (non-hydrogen) atoms. The number of rotatable bonds is 1. The summed E-state index contributed by atoms with van der Waals surface area (Å²) in [5.41, 5.74) is 5.37. The van der Waals surface area contributed by atoms with Gasteiger partial charge in [-0.05, 0) is 0 Å². The second-order valence-corrected chi connectivity index (χ2v) is 2.08. The van der Waals surface area contributed by atoms with E-state index in [1.54, 1.807) is 7.05 Å². The van der Waals surface area contributed by atoms with E-state index in [9.17, 15) is 0 Å². The Kier molecular flexibility index (Phi) is 1.91. The van der Waals surface area contributed by atoms with Crippen LogP contribution in [0.2, 0.25) is 5.02 Å². The van der Waals surface area contributed by atoms with Gasteiger partial charge < -0.3 is 11.1 Å². The van der Waals surface area contributed by atoms with Crippen molar-refractivity contribution in [3.8, 4) is 0 Å². The molecule has 0 amide bonds. The maximum atomic E-state index is 5.56. The number of nitrogen functional groups attached to an aromatic ring is 1. The zero-order valence-electron chi connectivity index (χ0n) is 5.43. The summed E-state index contributed by atoms with van der Waals surface area (Å²) >= 11 is 5.56. The molecule has 0 aliphatic rings. The number of hydrogen-bond donors (Lipinski definition) is 2. The van der Waals surface area contributed by atoms with E-state index in [2.05, 4.69) is 15.3 Å². The fourth-order valence-electron chi connectivity index (χ4n) is 0.501. The summed E-state index contributed by atoms with van der Waals surface area (Å²) in [6.07, 6.45) is 1.45. The van der Waals surface area contributed by atoms with Crippen molar-refractivity contribution < 1.29 is 0 Å². The SMILES string of the molecule is CNc1ncc(Cl)c(N)n1. The maximum Gasteiger partial charge on any atom is 0.224 e. The van der Waals surface area contributed by atoms with Crippen molar-refractivity contribution in [2.24, 2.45) is 0 Å². The highest BCUT2D eigenvalue weighted by Crippen LogP contribution is 2.14. The molecule has 0 atom stereocenters. The average Bonchev–Trinajstić information content (AvgIpc) is 1.95. The highest BCUT2D eigenvalue weighted by molar-refractivity contribution is 6.32. The first-order valence-corrected chi connectivity index (χ1v) is 3.07. The lowest BCUT2D eigenvalue weighted by Gasteiger charge is -1.98. The Morgan fingerprint density at radius 3 is 2.90 bits per heavy atom. The second kappa shape index (κ2) is 2.70. The van der Waals surface area contributed by atoms with Gasteiger partial charge >= 0.3 is 0 Å². The molecule has 0 bridgehead atoms. The second-order valence-electron chi connectivity index (χ2n) is 1.68. The number of nitrogens with one attached hydrogen (secondary N) is 1. The normalized spacial score (nSPS) is 9.40. The maximum absolute atomic E-state index is 5.56. The molecular weight excluding hydrogens is 152 g/mol. The zero-order valence-corrected chi connectivity index (χ0v) is 6.18. The summed E-state index contributed by atoms with van der Waals surface area (Å²) in [6, 6.07) is 0. The van der Waals surface area contributed by atoms with Crippen LogP contribution in [0.15, 0.2) is 6.20 Å². The smallest absolute Gasteiger partial charge is 0.224 e. The Hall–Kier alpha value is -1.03. The van der Waals surface area contributed by atoms with E-state index in [0.29, 0.717) is 16.8 Å². The molecule has 4 nitrogen and oxygen atoms in total. The van der Waals surface area contributed by atoms with Crippen molar-refractivity contribution in [1.29, 1.82) is 0 Å². The molecule has 1 aromatic heterocycles. The van der Waals surface area contributed by atoms with Gasteiger partial charge in [0.15, 0.2) is 0 Å². The molecule has 1 aromatic rings. The Morgan fingerprint density at radius 2 is 2.40 bits per heavy atom. The Balaban J connectivity index is 3.04. The van der Waals surface area contributed by atoms with Crippen LogP contribution in [0.1, 0.15) is 0 Å². The highest BCUT2D eigenvalue weighted by atomic mass is 35.5. The van der Waals surface area contributed by atoms with Gasteiger partial charge in [-0.3, -0.25) is 0 Å². The zero-order chi connectivity index (χ0) is 7.56. The van der Waals surface area contributed by atoms with Crippen LogP contribution in [0.25, 0.3) is 0 Å². The van der Waals surface area contributed by atoms with Crippen LogP contribution in [0, 0.1) is 0 Å². The van der Waals surface area contributed by atoms with Crippen LogP contribution in [0.5, 0.6) is 0 Å². The fraction of sp³-hybridized carbons (Fsp3) is 0.200. The predicted octanol–water partition coefficient (Wildman–Crippen LogP) is 0.754. The molecule has 5 heteroatoms. The molecule has 0 radical (unpaired) electrons. The molecule has 54 valence electrons. The quantitative estimate of drug-likeness (QED) is 0.633. The lowest BCUT2D eigenvalue weighted by molar-refractivity contribution is 1.16. The minimum Gasteiger partial charge on any atom is -0.382 e. The molecule has 0 unspecified atom stereocenters. The molecule has 0 aromatic carbocycles. The van der Waals surface area contributed by atoms with E-state index in [1.807, 2.05) is 0 Å². The minimum atomic E-state index is 0.293. The van der Waals surface area contributed by atoms with Gasteiger partial charge in [-0.15, -0.1) is 0 Å². The van der Waals surface area contributed by atoms with Crippen LogP contribution in [-0.2, 0) is 0 Å². The predicted molar refractivity (Wildman–Crippen MR) is 41.0 cm³/mol. The molecule has 1 heterocycles. The Bertz CT molecular complexity index is 237. The van der Waals surface area contributed by atoms with Crippen molar-refractivity contribution in [3.63, 3.8) is 0 Å². The number of halogens is 1. The van der Waals surface area contributed by atoms with E-state index in [4.69, 9.17) is 17.3 Å². The number of hydrogen-bond acceptors (Lipinski definition) is 4. The third-order valence-corrected chi connectivity index (χ3v) is 1.29. The lowest BCUT2D eigenvalue weighted by Crippen LogP contribution is -1.99. The first kappa shape index (κ1) is 7.08. The number of nitrogens with zero attached hydrogens (tertiary/aromatic N) is 2. The minimum absolute atomic E-state index is 0.293. The van der Waals surface area contributed by atoms with Crippen molar-refractivity contribution in [1.82, 2.24) is 9.97 Å². The van der Waals surface area contributed by atoms with Crippen LogP contribution in [-0.4, -0.2) is 17.0 Å². The van der Waals surface area contributed by atoms with Crippen LogP contribution in [0.3, 0.4) is 0 Å². The third kappa shape index (κ3) is 1.27. The molecule has 0 saturated carbocycles. The monoisotopic (exact) mass is 158 g/mol. The summed E-state index contributed by atoms with van der Waals surface area (Å²) in [7, 11) is 1.71. The van der Waals surface area contributed by atoms with Gasteiger partial charge in [-0.1, -0.05) is 11.6 Å². The van der Waals surface area contributed by atoms with Crippen molar-refractivity contribution in [2.45, 2.75) is 0 Å². The molecule has 0 saturated heterocycles. The Labute approximate surface area is 63.4 Å². The van der Waals surface area contributed by atoms with E-state index in [0.717, 1.165) is 0 Å². The van der Waals surface area contributed by atoms with Crippen molar-refractivity contribution in [2.75, 3.05) is 18.1 Å². The summed E-state index contributed by atoms with van der Waals surface area (Å²) in [4.78, 5) is 7.64. The molecule has 0 fully saturated rings. The van der Waals surface area contributed by atoms with Gasteiger partial charge in [0, 0.05) is 7.05 Å². The van der Waals surface area contributed by atoms with Gasteiger partial charge in [-0.25, -0.2) is 4.98 Å². The molecular formula is C5H7ClN4. The molecule has 0 aliphatic heterocycles. The number of nitrogens with two attached hydrogens (primary N) is 1. The van der Waals surface area contributed by atoms with Gasteiger partial charge in [0.05, 0.1) is 6.20 Å². The van der Waals surface area contributed by atoms with E-state index >= 15 is 0 Å². The third-order valence-electron chi connectivity index (χ3n) is 0.995.